The third-order valence-electron chi connectivity index (χ3n) is 2.98. The van der Waals surface area contributed by atoms with E-state index in [1.165, 1.54) is 0 Å². The molecule has 0 atom stereocenters. The molecule has 5 nitrogen and oxygen atoms in total. The fourth-order valence-corrected chi connectivity index (χ4v) is 2.13. The summed E-state index contributed by atoms with van der Waals surface area (Å²) in [6.45, 7) is 3.11. The first-order chi connectivity index (χ1) is 10.0. The van der Waals surface area contributed by atoms with E-state index in [2.05, 4.69) is 31.9 Å². The van der Waals surface area contributed by atoms with Crippen LogP contribution in [0.1, 0.15) is 24.8 Å². The highest BCUT2D eigenvalue weighted by atomic mass is 79.9. The molecule has 0 bridgehead atoms. The summed E-state index contributed by atoms with van der Waals surface area (Å²) in [5.41, 5.74) is 1.79. The lowest BCUT2D eigenvalue weighted by molar-refractivity contribution is -0.121. The van der Waals surface area contributed by atoms with E-state index in [-0.39, 0.29) is 18.2 Å². The molecule has 1 aromatic rings. The zero-order valence-corrected chi connectivity index (χ0v) is 14.0. The van der Waals surface area contributed by atoms with Crippen LogP contribution in [-0.4, -0.2) is 32.0 Å². The van der Waals surface area contributed by atoms with Gasteiger partial charge in [-0.3, -0.25) is 9.59 Å². The minimum Gasteiger partial charge on any atom is -0.356 e. The average Bonchev–Trinajstić information content (AvgIpc) is 2.43. The van der Waals surface area contributed by atoms with Gasteiger partial charge < -0.3 is 16.0 Å². The number of carbonyl (C=O) groups is 2. The van der Waals surface area contributed by atoms with Crippen molar-refractivity contribution in [1.29, 1.82) is 0 Å². The number of amides is 2. The molecule has 0 spiro atoms. The highest BCUT2D eigenvalue weighted by molar-refractivity contribution is 9.10. The molecule has 0 aliphatic carbocycles. The second kappa shape index (κ2) is 9.52. The molecular formula is C15H22BrN3O2. The Kier molecular flexibility index (Phi) is 8.00. The third-order valence-corrected chi connectivity index (χ3v) is 3.47. The van der Waals surface area contributed by atoms with E-state index in [0.29, 0.717) is 13.0 Å². The molecule has 0 aromatic heterocycles. The van der Waals surface area contributed by atoms with Crippen LogP contribution in [0.5, 0.6) is 0 Å². The maximum atomic E-state index is 11.8. The van der Waals surface area contributed by atoms with E-state index < -0.39 is 0 Å². The molecule has 0 aliphatic rings. The summed E-state index contributed by atoms with van der Waals surface area (Å²) in [6.07, 6.45) is 1.54. The molecule has 0 aliphatic heterocycles. The number of carbonyl (C=O) groups excluding carboxylic acids is 2. The van der Waals surface area contributed by atoms with Gasteiger partial charge in [-0.15, -0.1) is 0 Å². The van der Waals surface area contributed by atoms with Gasteiger partial charge in [0.2, 0.25) is 11.8 Å². The predicted octanol–water partition coefficient (Wildman–Crippen LogP) is 2.20. The van der Waals surface area contributed by atoms with Gasteiger partial charge >= 0.3 is 0 Å². The van der Waals surface area contributed by atoms with Gasteiger partial charge in [0, 0.05) is 29.5 Å². The number of halogens is 1. The van der Waals surface area contributed by atoms with Crippen molar-refractivity contribution >= 4 is 33.4 Å². The first-order valence-electron chi connectivity index (χ1n) is 7.00. The Morgan fingerprint density at radius 2 is 1.90 bits per heavy atom. The highest BCUT2D eigenvalue weighted by Gasteiger charge is 2.06. The maximum Gasteiger partial charge on any atom is 0.226 e. The normalized spacial score (nSPS) is 10.2. The largest absolute Gasteiger partial charge is 0.356 e. The van der Waals surface area contributed by atoms with E-state index in [0.717, 1.165) is 28.7 Å². The molecule has 1 rings (SSSR count). The zero-order valence-electron chi connectivity index (χ0n) is 12.5. The Bertz CT molecular complexity index is 492. The summed E-state index contributed by atoms with van der Waals surface area (Å²) in [6, 6.07) is 5.73. The Balaban J connectivity index is 2.28. The number of rotatable bonds is 8. The molecule has 0 radical (unpaired) electrons. The van der Waals surface area contributed by atoms with E-state index in [4.69, 9.17) is 0 Å². The maximum absolute atomic E-state index is 11.8. The van der Waals surface area contributed by atoms with Crippen LogP contribution in [0.3, 0.4) is 0 Å². The van der Waals surface area contributed by atoms with Crippen LogP contribution in [0.4, 0.5) is 5.69 Å². The van der Waals surface area contributed by atoms with Crippen molar-refractivity contribution in [3.8, 4) is 0 Å². The van der Waals surface area contributed by atoms with E-state index in [1.807, 2.05) is 32.2 Å². The smallest absolute Gasteiger partial charge is 0.226 e. The lowest BCUT2D eigenvalue weighted by Crippen LogP contribution is -2.28. The van der Waals surface area contributed by atoms with Crippen molar-refractivity contribution in [2.45, 2.75) is 26.2 Å². The van der Waals surface area contributed by atoms with Gasteiger partial charge in [-0.1, -0.05) is 22.0 Å². The predicted molar refractivity (Wildman–Crippen MR) is 88.3 cm³/mol. The second-order valence-corrected chi connectivity index (χ2v) is 5.73. The minimum atomic E-state index is -0.105. The summed E-state index contributed by atoms with van der Waals surface area (Å²) in [4.78, 5) is 23.3. The van der Waals surface area contributed by atoms with Crippen LogP contribution < -0.4 is 16.0 Å². The second-order valence-electron chi connectivity index (χ2n) is 4.81. The summed E-state index contributed by atoms with van der Waals surface area (Å²) in [5.74, 6) is -0.122. The Morgan fingerprint density at radius 1 is 1.14 bits per heavy atom. The van der Waals surface area contributed by atoms with Gasteiger partial charge in [-0.2, -0.15) is 0 Å². The number of benzene rings is 1. The Labute approximate surface area is 134 Å². The molecule has 0 fully saturated rings. The topological polar surface area (TPSA) is 70.2 Å². The first-order valence-corrected chi connectivity index (χ1v) is 7.79. The summed E-state index contributed by atoms with van der Waals surface area (Å²) < 4.78 is 0.918. The number of anilines is 1. The molecular weight excluding hydrogens is 334 g/mol. The molecule has 2 amide bonds. The number of hydrogen-bond donors (Lipinski definition) is 3. The molecule has 0 saturated heterocycles. The van der Waals surface area contributed by atoms with Crippen LogP contribution in [-0.2, 0) is 9.59 Å². The average molecular weight is 356 g/mol. The fraction of sp³-hybridized carbons (Fsp3) is 0.467. The van der Waals surface area contributed by atoms with Crippen LogP contribution in [0.25, 0.3) is 0 Å². The van der Waals surface area contributed by atoms with E-state index in [1.54, 1.807) is 0 Å². The van der Waals surface area contributed by atoms with Crippen LogP contribution in [0, 0.1) is 6.92 Å². The van der Waals surface area contributed by atoms with Crippen molar-refractivity contribution < 1.29 is 9.59 Å². The Hall–Kier alpha value is -1.40. The summed E-state index contributed by atoms with van der Waals surface area (Å²) >= 11 is 3.37. The van der Waals surface area contributed by atoms with Gasteiger partial charge in [0.25, 0.3) is 0 Å². The Morgan fingerprint density at radius 3 is 2.62 bits per heavy atom. The highest BCUT2D eigenvalue weighted by Crippen LogP contribution is 2.20. The zero-order chi connectivity index (χ0) is 15.7. The van der Waals surface area contributed by atoms with Gasteiger partial charge in [-0.25, -0.2) is 0 Å². The van der Waals surface area contributed by atoms with E-state index >= 15 is 0 Å². The number of hydrogen-bond acceptors (Lipinski definition) is 3. The van der Waals surface area contributed by atoms with Gasteiger partial charge in [-0.05, 0) is 44.6 Å². The molecule has 0 saturated carbocycles. The standard InChI is InChI=1S/C15H22BrN3O2/c1-11-5-6-12(16)10-13(11)19-15(21)7-9-18-14(20)4-3-8-17-2/h5-6,10,17H,3-4,7-9H2,1-2H3,(H,18,20)(H,19,21). The number of aryl methyl sites for hydroxylation is 1. The molecule has 0 heterocycles. The third kappa shape index (κ3) is 7.24. The minimum absolute atomic E-state index is 0.0170. The lowest BCUT2D eigenvalue weighted by atomic mass is 10.2. The van der Waals surface area contributed by atoms with Crippen molar-refractivity contribution in [2.75, 3.05) is 25.5 Å². The van der Waals surface area contributed by atoms with Crippen LogP contribution in [0.15, 0.2) is 22.7 Å². The molecule has 1 aromatic carbocycles. The van der Waals surface area contributed by atoms with Gasteiger partial charge in [0.15, 0.2) is 0 Å². The fourth-order valence-electron chi connectivity index (χ4n) is 1.77. The van der Waals surface area contributed by atoms with Crippen LogP contribution in [0.2, 0.25) is 0 Å². The monoisotopic (exact) mass is 355 g/mol. The van der Waals surface area contributed by atoms with Crippen molar-refractivity contribution in [3.63, 3.8) is 0 Å². The molecule has 6 heteroatoms. The summed E-state index contributed by atoms with van der Waals surface area (Å²) in [7, 11) is 1.85. The van der Waals surface area contributed by atoms with Gasteiger partial charge in [0.05, 0.1) is 0 Å². The summed E-state index contributed by atoms with van der Waals surface area (Å²) in [5, 5.41) is 8.58. The lowest BCUT2D eigenvalue weighted by Gasteiger charge is -2.09. The quantitative estimate of drug-likeness (QED) is 0.626. The molecule has 116 valence electrons. The molecule has 21 heavy (non-hydrogen) atoms. The SMILES string of the molecule is CNCCCC(=O)NCCC(=O)Nc1cc(Br)ccc1C. The van der Waals surface area contributed by atoms with Gasteiger partial charge in [0.1, 0.15) is 0 Å². The van der Waals surface area contributed by atoms with Crippen molar-refractivity contribution in [2.24, 2.45) is 0 Å². The number of nitrogens with one attached hydrogen (secondary N) is 3. The molecule has 3 N–H and O–H groups in total. The first kappa shape index (κ1) is 17.7. The molecule has 0 unspecified atom stereocenters. The van der Waals surface area contributed by atoms with E-state index in [9.17, 15) is 9.59 Å². The van der Waals surface area contributed by atoms with Crippen LogP contribution >= 0.6 is 15.9 Å². The van der Waals surface area contributed by atoms with Crippen molar-refractivity contribution in [3.05, 3.63) is 28.2 Å². The van der Waals surface area contributed by atoms with Crippen molar-refractivity contribution in [1.82, 2.24) is 10.6 Å².